The third-order valence-electron chi connectivity index (χ3n) is 4.45. The van der Waals surface area contributed by atoms with Crippen LogP contribution in [0.3, 0.4) is 0 Å². The Bertz CT molecular complexity index is 871. The molecule has 1 aromatic heterocycles. The van der Waals surface area contributed by atoms with Gasteiger partial charge in [-0.15, -0.1) is 35.7 Å². The van der Waals surface area contributed by atoms with Crippen LogP contribution in [0.2, 0.25) is 0 Å². The molecule has 0 saturated carbocycles. The second-order valence-corrected chi connectivity index (χ2v) is 9.67. The Hall–Kier alpha value is -1.31. The third kappa shape index (κ3) is 7.43. The van der Waals surface area contributed by atoms with Crippen molar-refractivity contribution in [3.8, 4) is 0 Å². The molecule has 1 aromatic carbocycles. The van der Waals surface area contributed by atoms with Gasteiger partial charge in [0.1, 0.15) is 12.0 Å². The number of piperazine rings is 1. The van der Waals surface area contributed by atoms with Crippen molar-refractivity contribution in [3.63, 3.8) is 0 Å². The summed E-state index contributed by atoms with van der Waals surface area (Å²) in [5.74, 6) is 1.61. The second-order valence-electron chi connectivity index (χ2n) is 6.53. The van der Waals surface area contributed by atoms with E-state index >= 15 is 0 Å². The molecule has 1 saturated heterocycles. The molecule has 0 radical (unpaired) electrons. The monoisotopic (exact) mass is 565 g/mol. The average Bonchev–Trinajstić information content (AvgIpc) is 3.23. The maximum absolute atomic E-state index is 12.6. The van der Waals surface area contributed by atoms with E-state index < -0.39 is 10.0 Å². The molecule has 0 bridgehead atoms. The zero-order valence-corrected chi connectivity index (χ0v) is 20.9. The van der Waals surface area contributed by atoms with Gasteiger partial charge in [0.05, 0.1) is 12.2 Å². The summed E-state index contributed by atoms with van der Waals surface area (Å²) in [6.07, 6.45) is 1.39. The Morgan fingerprint density at radius 2 is 1.93 bits per heavy atom. The molecule has 0 spiro atoms. The second kappa shape index (κ2) is 12.5. The Morgan fingerprint density at radius 3 is 2.57 bits per heavy atom. The molecule has 166 valence electrons. The van der Waals surface area contributed by atoms with Crippen LogP contribution in [-0.2, 0) is 15.8 Å². The van der Waals surface area contributed by atoms with Crippen molar-refractivity contribution in [3.05, 3.63) is 48.4 Å². The number of nitrogens with zero attached hydrogens (tertiary/aromatic N) is 4. The molecular weight excluding hydrogens is 537 g/mol. The lowest BCUT2D eigenvalue weighted by Crippen LogP contribution is -2.54. The highest BCUT2D eigenvalue weighted by Gasteiger charge is 2.28. The predicted octanol–water partition coefficient (Wildman–Crippen LogP) is 2.50. The number of nitrogens with one attached hydrogen (secondary N) is 1. The van der Waals surface area contributed by atoms with Gasteiger partial charge in [0.2, 0.25) is 10.0 Å². The minimum atomic E-state index is -3.40. The number of aliphatic imine (C=N–C) groups is 1. The zero-order chi connectivity index (χ0) is 20.5. The molecule has 1 aliphatic rings. The molecule has 2 heterocycles. The molecule has 0 unspecified atom stereocenters. The normalized spacial score (nSPS) is 15.6. The summed E-state index contributed by atoms with van der Waals surface area (Å²) in [6.45, 7) is 5.59. The molecule has 30 heavy (non-hydrogen) atoms. The number of benzene rings is 1. The molecule has 0 atom stereocenters. The van der Waals surface area contributed by atoms with Crippen molar-refractivity contribution in [2.24, 2.45) is 4.99 Å². The third-order valence-corrected chi connectivity index (χ3v) is 7.26. The standard InChI is InChI=1S/C19H27N5O3S2.HI/c1-2-20-19(21-9-15-28-18-6-4-3-5-7-18)23-10-12-24(13-11-23)29(25,26)16-17-8-14-27-22-17;/h3-8,14H,2,9-13,15-16H2,1H3,(H,20,21);1H. The van der Waals surface area contributed by atoms with Crippen LogP contribution in [0, 0.1) is 0 Å². The van der Waals surface area contributed by atoms with E-state index in [0.717, 1.165) is 18.3 Å². The number of rotatable bonds is 8. The molecule has 2 aromatic rings. The van der Waals surface area contributed by atoms with E-state index in [4.69, 9.17) is 9.52 Å². The lowest BCUT2D eigenvalue weighted by atomic mass is 10.4. The SMILES string of the molecule is CCNC(=NCCSc1ccccc1)N1CCN(S(=O)(=O)Cc2ccon2)CC1.I. The number of aromatic nitrogens is 1. The minimum absolute atomic E-state index is 0. The van der Waals surface area contributed by atoms with Crippen molar-refractivity contribution < 1.29 is 12.9 Å². The van der Waals surface area contributed by atoms with Crippen LogP contribution >= 0.6 is 35.7 Å². The molecule has 1 fully saturated rings. The molecule has 0 amide bonds. The number of halogens is 1. The summed E-state index contributed by atoms with van der Waals surface area (Å²) in [5, 5.41) is 7.02. The fourth-order valence-electron chi connectivity index (χ4n) is 3.03. The molecule has 8 nitrogen and oxygen atoms in total. The van der Waals surface area contributed by atoms with Gasteiger partial charge >= 0.3 is 0 Å². The van der Waals surface area contributed by atoms with Gasteiger partial charge in [0.15, 0.2) is 5.96 Å². The summed E-state index contributed by atoms with van der Waals surface area (Å²) in [4.78, 5) is 8.08. The topological polar surface area (TPSA) is 91.0 Å². The maximum Gasteiger partial charge on any atom is 0.220 e. The van der Waals surface area contributed by atoms with Gasteiger partial charge in [-0.05, 0) is 19.1 Å². The first kappa shape index (κ1) is 25.0. The highest BCUT2D eigenvalue weighted by atomic mass is 127. The fraction of sp³-hybridized carbons (Fsp3) is 0.474. The largest absolute Gasteiger partial charge is 0.364 e. The van der Waals surface area contributed by atoms with E-state index in [1.54, 1.807) is 17.8 Å². The van der Waals surface area contributed by atoms with E-state index in [9.17, 15) is 8.42 Å². The van der Waals surface area contributed by atoms with Crippen molar-refractivity contribution in [1.29, 1.82) is 0 Å². The number of hydrogen-bond acceptors (Lipinski definition) is 6. The highest BCUT2D eigenvalue weighted by molar-refractivity contribution is 14.0. The summed E-state index contributed by atoms with van der Waals surface area (Å²) in [5.41, 5.74) is 0.429. The van der Waals surface area contributed by atoms with E-state index in [0.29, 0.717) is 38.4 Å². The Labute approximate surface area is 199 Å². The fourth-order valence-corrected chi connectivity index (χ4v) is 5.22. The number of guanidine groups is 1. The summed E-state index contributed by atoms with van der Waals surface area (Å²) in [6, 6.07) is 11.8. The van der Waals surface area contributed by atoms with Gasteiger partial charge in [-0.25, -0.2) is 8.42 Å². The van der Waals surface area contributed by atoms with Crippen LogP contribution < -0.4 is 5.32 Å². The van der Waals surface area contributed by atoms with Crippen LogP contribution in [0.1, 0.15) is 12.6 Å². The lowest BCUT2D eigenvalue weighted by Gasteiger charge is -2.35. The quantitative estimate of drug-likeness (QED) is 0.173. The van der Waals surface area contributed by atoms with Crippen molar-refractivity contribution in [1.82, 2.24) is 19.7 Å². The van der Waals surface area contributed by atoms with Crippen molar-refractivity contribution in [2.45, 2.75) is 17.6 Å². The maximum atomic E-state index is 12.6. The van der Waals surface area contributed by atoms with Crippen LogP contribution in [0.4, 0.5) is 0 Å². The van der Waals surface area contributed by atoms with E-state index in [1.807, 2.05) is 25.1 Å². The number of sulfonamides is 1. The van der Waals surface area contributed by atoms with Gasteiger partial charge in [0, 0.05) is 49.4 Å². The molecule has 1 N–H and O–H groups in total. The molecule has 0 aliphatic carbocycles. The smallest absolute Gasteiger partial charge is 0.220 e. The molecular formula is C19H28IN5O3S2. The summed E-state index contributed by atoms with van der Waals surface area (Å²) >= 11 is 1.78. The number of thioether (sulfide) groups is 1. The van der Waals surface area contributed by atoms with Gasteiger partial charge in [-0.1, -0.05) is 23.4 Å². The summed E-state index contributed by atoms with van der Waals surface area (Å²) < 4.78 is 31.4. The zero-order valence-electron chi connectivity index (χ0n) is 16.9. The van der Waals surface area contributed by atoms with E-state index in [-0.39, 0.29) is 29.7 Å². The molecule has 1 aliphatic heterocycles. The number of hydrogen-bond donors (Lipinski definition) is 1. The van der Waals surface area contributed by atoms with Gasteiger partial charge < -0.3 is 14.7 Å². The first-order chi connectivity index (χ1) is 14.1. The van der Waals surface area contributed by atoms with Crippen molar-refractivity contribution in [2.75, 3.05) is 45.0 Å². The summed E-state index contributed by atoms with van der Waals surface area (Å²) in [7, 11) is -3.40. The lowest BCUT2D eigenvalue weighted by molar-refractivity contribution is 0.260. The Balaban J connectivity index is 0.00000320. The first-order valence-electron chi connectivity index (χ1n) is 9.66. The van der Waals surface area contributed by atoms with Crippen LogP contribution in [0.25, 0.3) is 0 Å². The Kier molecular flexibility index (Phi) is 10.4. The van der Waals surface area contributed by atoms with Gasteiger partial charge in [-0.3, -0.25) is 4.99 Å². The minimum Gasteiger partial charge on any atom is -0.364 e. The van der Waals surface area contributed by atoms with Gasteiger partial charge in [0.25, 0.3) is 0 Å². The average molecular weight is 566 g/mol. The molecule has 3 rings (SSSR count). The Morgan fingerprint density at radius 1 is 1.20 bits per heavy atom. The highest BCUT2D eigenvalue weighted by Crippen LogP contribution is 2.16. The predicted molar refractivity (Wildman–Crippen MR) is 131 cm³/mol. The van der Waals surface area contributed by atoms with E-state index in [2.05, 4.69) is 27.5 Å². The van der Waals surface area contributed by atoms with E-state index in [1.165, 1.54) is 15.5 Å². The van der Waals surface area contributed by atoms with Crippen LogP contribution in [-0.4, -0.2) is 73.8 Å². The van der Waals surface area contributed by atoms with Gasteiger partial charge in [-0.2, -0.15) is 4.31 Å². The first-order valence-corrected chi connectivity index (χ1v) is 12.3. The molecule has 11 heteroatoms. The van der Waals surface area contributed by atoms with Crippen LogP contribution in [0.15, 0.2) is 57.1 Å². The van der Waals surface area contributed by atoms with Crippen LogP contribution in [0.5, 0.6) is 0 Å². The van der Waals surface area contributed by atoms with Crippen molar-refractivity contribution >= 4 is 51.7 Å².